The van der Waals surface area contributed by atoms with Gasteiger partial charge in [-0.05, 0) is 50.4 Å². The number of hydrogen-bond donors (Lipinski definition) is 2. The van der Waals surface area contributed by atoms with Crippen molar-refractivity contribution < 1.29 is 0 Å². The van der Waals surface area contributed by atoms with E-state index in [2.05, 4.69) is 74.1 Å². The number of nitrogens with two attached hydrogens (primary N) is 1. The lowest BCUT2D eigenvalue weighted by molar-refractivity contribution is 0.146. The van der Waals surface area contributed by atoms with Crippen LogP contribution in [0.25, 0.3) is 21.8 Å². The molecule has 2 aromatic carbocycles. The SMILES string of the molecule is CCCN(CCN1CCN(c2ccc3c(c2)[nH]c2ccccc23)CC1)C1CCc2nc(N)sc2C1. The number of nitrogen functional groups attached to an aromatic ring is 1. The first-order valence-corrected chi connectivity index (χ1v) is 14.0. The van der Waals surface area contributed by atoms with Crippen LogP contribution in [-0.2, 0) is 12.8 Å². The summed E-state index contributed by atoms with van der Waals surface area (Å²) >= 11 is 1.70. The number of nitrogens with one attached hydrogen (secondary N) is 1. The molecule has 7 heteroatoms. The fraction of sp³-hybridized carbons (Fsp3) is 0.464. The molecule has 1 unspecified atom stereocenters. The van der Waals surface area contributed by atoms with Crippen molar-refractivity contribution in [1.29, 1.82) is 0 Å². The number of H-pyrrole nitrogens is 1. The van der Waals surface area contributed by atoms with Crippen LogP contribution in [0.15, 0.2) is 42.5 Å². The van der Waals surface area contributed by atoms with Crippen molar-refractivity contribution >= 4 is 44.0 Å². The third kappa shape index (κ3) is 4.65. The standard InChI is InChI=1S/C28H36N6S/c1-2-11-33(21-8-10-25-27(19-21)35-28(29)31-25)15-12-32-13-16-34(17-14-32)20-7-9-23-22-5-3-4-6-24(22)30-26(23)18-20/h3-7,9,18,21,30H,2,8,10-17,19H2,1H3,(H2,29,31). The maximum Gasteiger partial charge on any atom is 0.180 e. The molecule has 2 aliphatic rings. The second-order valence-corrected chi connectivity index (χ2v) is 11.2. The Morgan fingerprint density at radius 3 is 2.74 bits per heavy atom. The van der Waals surface area contributed by atoms with Crippen LogP contribution in [0.4, 0.5) is 10.8 Å². The molecule has 1 aliphatic heterocycles. The van der Waals surface area contributed by atoms with E-state index >= 15 is 0 Å². The number of piperazine rings is 1. The number of para-hydroxylation sites is 1. The molecule has 0 bridgehead atoms. The van der Waals surface area contributed by atoms with Gasteiger partial charge in [0.25, 0.3) is 0 Å². The Morgan fingerprint density at radius 1 is 1.06 bits per heavy atom. The highest BCUT2D eigenvalue weighted by Crippen LogP contribution is 2.31. The lowest BCUT2D eigenvalue weighted by Crippen LogP contribution is -2.50. The molecule has 184 valence electrons. The average molecular weight is 489 g/mol. The monoisotopic (exact) mass is 488 g/mol. The van der Waals surface area contributed by atoms with Gasteiger partial charge >= 0.3 is 0 Å². The first-order valence-electron chi connectivity index (χ1n) is 13.1. The molecule has 35 heavy (non-hydrogen) atoms. The molecule has 0 spiro atoms. The summed E-state index contributed by atoms with van der Waals surface area (Å²) in [4.78, 5) is 17.5. The van der Waals surface area contributed by atoms with Gasteiger partial charge in [-0.15, -0.1) is 11.3 Å². The van der Waals surface area contributed by atoms with Crippen molar-refractivity contribution in [2.75, 3.05) is 56.4 Å². The molecule has 3 N–H and O–H groups in total. The largest absolute Gasteiger partial charge is 0.375 e. The van der Waals surface area contributed by atoms with Crippen LogP contribution < -0.4 is 10.6 Å². The number of anilines is 2. The van der Waals surface area contributed by atoms with Crippen LogP contribution in [0.1, 0.15) is 30.3 Å². The van der Waals surface area contributed by atoms with Gasteiger partial charge in [-0.3, -0.25) is 9.80 Å². The molecular formula is C28H36N6S. The zero-order valence-electron chi connectivity index (χ0n) is 20.7. The Labute approximate surface area is 211 Å². The van der Waals surface area contributed by atoms with E-state index < -0.39 is 0 Å². The van der Waals surface area contributed by atoms with E-state index in [1.807, 2.05) is 0 Å². The third-order valence-electron chi connectivity index (χ3n) is 7.89. The van der Waals surface area contributed by atoms with Crippen LogP contribution in [0.3, 0.4) is 0 Å². The van der Waals surface area contributed by atoms with Crippen LogP contribution >= 0.6 is 11.3 Å². The highest BCUT2D eigenvalue weighted by atomic mass is 32.1. The smallest absolute Gasteiger partial charge is 0.180 e. The van der Waals surface area contributed by atoms with Crippen molar-refractivity contribution in [1.82, 2.24) is 19.8 Å². The summed E-state index contributed by atoms with van der Waals surface area (Å²) in [6.45, 7) is 10.2. The topological polar surface area (TPSA) is 64.4 Å². The van der Waals surface area contributed by atoms with E-state index in [0.29, 0.717) is 6.04 Å². The number of aromatic nitrogens is 2. The van der Waals surface area contributed by atoms with Crippen LogP contribution in [0, 0.1) is 0 Å². The van der Waals surface area contributed by atoms with E-state index in [9.17, 15) is 0 Å². The highest BCUT2D eigenvalue weighted by molar-refractivity contribution is 7.15. The molecule has 6 nitrogen and oxygen atoms in total. The Morgan fingerprint density at radius 2 is 1.89 bits per heavy atom. The molecule has 4 aromatic rings. The molecule has 1 fully saturated rings. The highest BCUT2D eigenvalue weighted by Gasteiger charge is 2.27. The van der Waals surface area contributed by atoms with Gasteiger partial charge in [0.05, 0.1) is 5.69 Å². The molecule has 1 aliphatic carbocycles. The van der Waals surface area contributed by atoms with Crippen LogP contribution in [-0.4, -0.2) is 71.6 Å². The van der Waals surface area contributed by atoms with Gasteiger partial charge in [0.15, 0.2) is 5.13 Å². The maximum absolute atomic E-state index is 5.97. The second kappa shape index (κ2) is 9.80. The summed E-state index contributed by atoms with van der Waals surface area (Å²) in [5.41, 5.74) is 11.0. The first kappa shape index (κ1) is 22.8. The molecule has 0 saturated carbocycles. The molecule has 1 atom stereocenters. The number of aryl methyl sites for hydroxylation is 1. The van der Waals surface area contributed by atoms with E-state index in [1.54, 1.807) is 11.3 Å². The van der Waals surface area contributed by atoms with Crippen molar-refractivity contribution in [3.05, 3.63) is 53.0 Å². The Balaban J connectivity index is 1.05. The number of fused-ring (bicyclic) bond motifs is 4. The van der Waals surface area contributed by atoms with E-state index in [0.717, 1.165) is 57.2 Å². The summed E-state index contributed by atoms with van der Waals surface area (Å²) < 4.78 is 0. The Bertz CT molecular complexity index is 1300. The fourth-order valence-corrected chi connectivity index (χ4v) is 6.94. The molecule has 0 amide bonds. The molecule has 6 rings (SSSR count). The molecule has 2 aromatic heterocycles. The van der Waals surface area contributed by atoms with Crippen molar-refractivity contribution in [3.63, 3.8) is 0 Å². The van der Waals surface area contributed by atoms with E-state index in [1.165, 1.54) is 57.5 Å². The number of thiazole rings is 1. The molecule has 1 saturated heterocycles. The summed E-state index contributed by atoms with van der Waals surface area (Å²) in [5, 5.41) is 3.36. The minimum absolute atomic E-state index is 0.631. The summed E-state index contributed by atoms with van der Waals surface area (Å²) in [6, 6.07) is 16.1. The van der Waals surface area contributed by atoms with Gasteiger partial charge in [0.1, 0.15) is 0 Å². The van der Waals surface area contributed by atoms with E-state index in [-0.39, 0.29) is 0 Å². The molecular weight excluding hydrogens is 452 g/mol. The zero-order valence-corrected chi connectivity index (χ0v) is 21.5. The maximum atomic E-state index is 5.97. The minimum atomic E-state index is 0.631. The van der Waals surface area contributed by atoms with Crippen molar-refractivity contribution in [2.45, 2.75) is 38.6 Å². The summed E-state index contributed by atoms with van der Waals surface area (Å²) in [6.07, 6.45) is 4.61. The lowest BCUT2D eigenvalue weighted by atomic mass is 9.96. The summed E-state index contributed by atoms with van der Waals surface area (Å²) in [5.74, 6) is 0. The fourth-order valence-electron chi connectivity index (χ4n) is 5.99. The Hall–Kier alpha value is -2.61. The third-order valence-corrected chi connectivity index (χ3v) is 8.84. The van der Waals surface area contributed by atoms with Gasteiger partial charge in [0, 0.05) is 77.7 Å². The number of nitrogens with zero attached hydrogens (tertiary/aromatic N) is 4. The number of hydrogen-bond acceptors (Lipinski definition) is 6. The first-order chi connectivity index (χ1) is 17.2. The molecule has 3 heterocycles. The van der Waals surface area contributed by atoms with Crippen LogP contribution in [0.5, 0.6) is 0 Å². The van der Waals surface area contributed by atoms with E-state index in [4.69, 9.17) is 5.73 Å². The van der Waals surface area contributed by atoms with Crippen molar-refractivity contribution in [2.24, 2.45) is 0 Å². The van der Waals surface area contributed by atoms with Gasteiger partial charge in [-0.25, -0.2) is 4.98 Å². The van der Waals surface area contributed by atoms with Gasteiger partial charge < -0.3 is 15.6 Å². The quantitative estimate of drug-likeness (QED) is 0.393. The molecule has 0 radical (unpaired) electrons. The zero-order chi connectivity index (χ0) is 23.8. The minimum Gasteiger partial charge on any atom is -0.375 e. The predicted molar refractivity (Wildman–Crippen MR) is 149 cm³/mol. The number of rotatable bonds is 7. The van der Waals surface area contributed by atoms with Gasteiger partial charge in [-0.1, -0.05) is 31.2 Å². The second-order valence-electron chi connectivity index (χ2n) is 10.1. The Kier molecular flexibility index (Phi) is 6.39. The van der Waals surface area contributed by atoms with Crippen molar-refractivity contribution in [3.8, 4) is 0 Å². The van der Waals surface area contributed by atoms with Gasteiger partial charge in [0.2, 0.25) is 0 Å². The van der Waals surface area contributed by atoms with Gasteiger partial charge in [-0.2, -0.15) is 0 Å². The predicted octanol–water partition coefficient (Wildman–Crippen LogP) is 4.75. The summed E-state index contributed by atoms with van der Waals surface area (Å²) in [7, 11) is 0. The number of benzene rings is 2. The lowest BCUT2D eigenvalue weighted by Gasteiger charge is -2.39. The number of aromatic amines is 1. The van der Waals surface area contributed by atoms with Crippen LogP contribution in [0.2, 0.25) is 0 Å². The average Bonchev–Trinajstić information content (AvgIpc) is 3.45. The normalized spacial score (nSPS) is 19.1.